The van der Waals surface area contributed by atoms with E-state index < -0.39 is 0 Å². The summed E-state index contributed by atoms with van der Waals surface area (Å²) in [5, 5.41) is 6.07. The first kappa shape index (κ1) is 10.4. The highest BCUT2D eigenvalue weighted by Gasteiger charge is 2.17. The third-order valence-electron chi connectivity index (χ3n) is 2.80. The molecule has 17 heavy (non-hydrogen) atoms. The molecule has 0 amide bonds. The average molecular weight is 245 g/mol. The zero-order valence-corrected chi connectivity index (χ0v) is 10.6. The monoisotopic (exact) mass is 245 g/mol. The first-order chi connectivity index (χ1) is 8.18. The van der Waals surface area contributed by atoms with Gasteiger partial charge in [-0.3, -0.25) is 0 Å². The number of nitrogens with zero attached hydrogens (tertiary/aromatic N) is 3. The summed E-state index contributed by atoms with van der Waals surface area (Å²) in [6.07, 6.45) is 1.60. The van der Waals surface area contributed by atoms with Gasteiger partial charge in [0.15, 0.2) is 0 Å². The van der Waals surface area contributed by atoms with E-state index in [1.807, 2.05) is 13.8 Å². The van der Waals surface area contributed by atoms with Crippen LogP contribution in [0.3, 0.4) is 0 Å². The van der Waals surface area contributed by atoms with E-state index in [2.05, 4.69) is 27.4 Å². The molecule has 4 nitrogen and oxygen atoms in total. The molecule has 5 heteroatoms. The van der Waals surface area contributed by atoms with Crippen LogP contribution in [0.25, 0.3) is 21.5 Å². The van der Waals surface area contributed by atoms with Gasteiger partial charge in [-0.1, -0.05) is 5.16 Å². The molecule has 0 fully saturated rings. The number of aromatic nitrogens is 3. The van der Waals surface area contributed by atoms with Crippen LogP contribution >= 0.6 is 11.3 Å². The van der Waals surface area contributed by atoms with E-state index >= 15 is 0 Å². The number of hydrogen-bond acceptors (Lipinski definition) is 5. The van der Waals surface area contributed by atoms with Crippen LogP contribution in [0, 0.1) is 20.8 Å². The first-order valence-electron chi connectivity index (χ1n) is 5.30. The molecule has 0 radical (unpaired) electrons. The predicted octanol–water partition coefficient (Wildman–Crippen LogP) is 3.27. The van der Waals surface area contributed by atoms with Gasteiger partial charge in [0, 0.05) is 0 Å². The molecule has 0 atom stereocenters. The van der Waals surface area contributed by atoms with E-state index in [9.17, 15) is 0 Å². The molecule has 3 aromatic rings. The minimum atomic E-state index is 0.800. The number of aryl methyl sites for hydroxylation is 3. The molecule has 0 N–H and O–H groups in total. The summed E-state index contributed by atoms with van der Waals surface area (Å²) in [5.41, 5.74) is 4.97. The van der Waals surface area contributed by atoms with Crippen LogP contribution < -0.4 is 0 Å². The molecule has 3 rings (SSSR count). The van der Waals surface area contributed by atoms with Crippen molar-refractivity contribution in [2.75, 3.05) is 0 Å². The highest BCUT2D eigenvalue weighted by molar-refractivity contribution is 7.17. The van der Waals surface area contributed by atoms with Crippen LogP contribution in [0.4, 0.5) is 0 Å². The number of thiophene rings is 1. The van der Waals surface area contributed by atoms with Crippen LogP contribution in [0.15, 0.2) is 16.2 Å². The Hall–Kier alpha value is -1.75. The quantitative estimate of drug-likeness (QED) is 0.660. The normalized spacial score (nSPS) is 11.2. The minimum absolute atomic E-state index is 0.800. The smallest absolute Gasteiger partial charge is 0.143 e. The summed E-state index contributed by atoms with van der Waals surface area (Å²) in [7, 11) is 0. The summed E-state index contributed by atoms with van der Waals surface area (Å²) >= 11 is 1.66. The van der Waals surface area contributed by atoms with Gasteiger partial charge in [-0.2, -0.15) is 0 Å². The minimum Gasteiger partial charge on any atom is -0.361 e. The van der Waals surface area contributed by atoms with E-state index in [-0.39, 0.29) is 0 Å². The van der Waals surface area contributed by atoms with Crippen LogP contribution in [-0.4, -0.2) is 15.1 Å². The summed E-state index contributed by atoms with van der Waals surface area (Å²) in [6, 6.07) is 0. The Morgan fingerprint density at radius 1 is 1.18 bits per heavy atom. The molecule has 0 aliphatic rings. The van der Waals surface area contributed by atoms with Crippen LogP contribution in [0.2, 0.25) is 0 Å². The largest absolute Gasteiger partial charge is 0.361 e. The van der Waals surface area contributed by atoms with Crippen molar-refractivity contribution in [3.63, 3.8) is 0 Å². The van der Waals surface area contributed by atoms with E-state index in [0.29, 0.717) is 0 Å². The molecule has 3 heterocycles. The van der Waals surface area contributed by atoms with E-state index in [0.717, 1.165) is 32.9 Å². The Morgan fingerprint density at radius 3 is 2.71 bits per heavy atom. The summed E-state index contributed by atoms with van der Waals surface area (Å²) in [6.45, 7) is 5.90. The summed E-state index contributed by atoms with van der Waals surface area (Å²) in [4.78, 5) is 8.70. The first-order valence-corrected chi connectivity index (χ1v) is 6.18. The lowest BCUT2D eigenvalue weighted by Crippen LogP contribution is -1.89. The summed E-state index contributed by atoms with van der Waals surface area (Å²) in [5.74, 6) is 0.800. The van der Waals surface area contributed by atoms with Crippen molar-refractivity contribution < 1.29 is 4.52 Å². The lowest BCUT2D eigenvalue weighted by molar-refractivity contribution is 0.393. The molecule has 3 aromatic heterocycles. The molecule has 0 saturated heterocycles. The van der Waals surface area contributed by atoms with Gasteiger partial charge < -0.3 is 4.52 Å². The topological polar surface area (TPSA) is 51.8 Å². The molecule has 0 unspecified atom stereocenters. The van der Waals surface area contributed by atoms with Gasteiger partial charge in [-0.05, 0) is 31.7 Å². The van der Waals surface area contributed by atoms with Gasteiger partial charge in [0.2, 0.25) is 0 Å². The molecular formula is C12H11N3OS. The van der Waals surface area contributed by atoms with Crippen molar-refractivity contribution in [3.8, 4) is 11.3 Å². The van der Waals surface area contributed by atoms with Crippen LogP contribution in [0.5, 0.6) is 0 Å². The van der Waals surface area contributed by atoms with E-state index in [1.54, 1.807) is 17.7 Å². The molecular weight excluding hydrogens is 234 g/mol. The molecule has 0 aliphatic carbocycles. The second-order valence-electron chi connectivity index (χ2n) is 4.02. The molecule has 0 aromatic carbocycles. The van der Waals surface area contributed by atoms with E-state index in [4.69, 9.17) is 4.52 Å². The highest BCUT2D eigenvalue weighted by Crippen LogP contribution is 2.34. The van der Waals surface area contributed by atoms with Gasteiger partial charge in [0.05, 0.1) is 27.2 Å². The second-order valence-corrected chi connectivity index (χ2v) is 4.90. The lowest BCUT2D eigenvalue weighted by Gasteiger charge is -2.00. The fourth-order valence-electron chi connectivity index (χ4n) is 1.97. The lowest BCUT2D eigenvalue weighted by atomic mass is 10.1. The highest BCUT2D eigenvalue weighted by atomic mass is 32.1. The van der Waals surface area contributed by atoms with Crippen molar-refractivity contribution in [2.24, 2.45) is 0 Å². The Labute approximate surface area is 102 Å². The maximum Gasteiger partial charge on any atom is 0.143 e. The maximum atomic E-state index is 5.20. The number of rotatable bonds is 1. The molecule has 0 spiro atoms. The number of fused-ring (bicyclic) bond motifs is 1. The zero-order chi connectivity index (χ0) is 12.0. The van der Waals surface area contributed by atoms with Crippen molar-refractivity contribution >= 4 is 21.6 Å². The molecule has 86 valence electrons. The van der Waals surface area contributed by atoms with Crippen molar-refractivity contribution in [1.82, 2.24) is 15.1 Å². The maximum absolute atomic E-state index is 5.20. The Kier molecular flexibility index (Phi) is 2.22. The molecule has 0 saturated carbocycles. The van der Waals surface area contributed by atoms with Crippen LogP contribution in [-0.2, 0) is 0 Å². The van der Waals surface area contributed by atoms with Gasteiger partial charge >= 0.3 is 0 Å². The van der Waals surface area contributed by atoms with Gasteiger partial charge in [-0.25, -0.2) is 9.97 Å². The Bertz CT molecular complexity index is 679. The van der Waals surface area contributed by atoms with Gasteiger partial charge in [0.25, 0.3) is 0 Å². The Morgan fingerprint density at radius 2 is 2.00 bits per heavy atom. The average Bonchev–Trinajstić information content (AvgIpc) is 2.84. The fraction of sp³-hybridized carbons (Fsp3) is 0.250. The SMILES string of the molecule is Cc1noc(C)c1-c1ncnc2c(C)csc12. The third kappa shape index (κ3) is 1.46. The predicted molar refractivity (Wildman–Crippen MR) is 67.1 cm³/mol. The Balaban J connectivity index is 2.38. The third-order valence-corrected chi connectivity index (χ3v) is 3.89. The van der Waals surface area contributed by atoms with Gasteiger partial charge in [-0.15, -0.1) is 11.3 Å². The fourth-order valence-corrected chi connectivity index (χ4v) is 2.97. The number of hydrogen-bond donors (Lipinski definition) is 0. The molecule has 0 aliphatic heterocycles. The molecule has 0 bridgehead atoms. The summed E-state index contributed by atoms with van der Waals surface area (Å²) < 4.78 is 6.30. The van der Waals surface area contributed by atoms with E-state index in [1.165, 1.54) is 5.56 Å². The van der Waals surface area contributed by atoms with Crippen molar-refractivity contribution in [3.05, 3.63) is 28.7 Å². The van der Waals surface area contributed by atoms with Crippen molar-refractivity contribution in [2.45, 2.75) is 20.8 Å². The standard InChI is InChI=1S/C12H11N3OS/c1-6-4-17-12-10(6)13-5-14-11(12)9-7(2)15-16-8(9)3/h4-5H,1-3H3. The van der Waals surface area contributed by atoms with Crippen LogP contribution in [0.1, 0.15) is 17.0 Å². The second kappa shape index (κ2) is 3.63. The van der Waals surface area contributed by atoms with Gasteiger partial charge in [0.1, 0.15) is 12.1 Å². The zero-order valence-electron chi connectivity index (χ0n) is 9.81. The van der Waals surface area contributed by atoms with Crippen molar-refractivity contribution in [1.29, 1.82) is 0 Å².